The Balaban J connectivity index is 1.68. The van der Waals surface area contributed by atoms with Gasteiger partial charge in [-0.25, -0.2) is 0 Å². The maximum Gasteiger partial charge on any atom is 0.0503 e. The van der Waals surface area contributed by atoms with E-state index in [1.165, 1.54) is 74.1 Å². The van der Waals surface area contributed by atoms with Crippen LogP contribution in [0.2, 0.25) is 0 Å². The Morgan fingerprint density at radius 1 is 0.778 bits per heavy atom. The first-order valence-electron chi connectivity index (χ1n) is 10.1. The zero-order chi connectivity index (χ0) is 18.0. The van der Waals surface area contributed by atoms with Crippen molar-refractivity contribution in [2.45, 2.75) is 38.0 Å². The van der Waals surface area contributed by atoms with Crippen LogP contribution < -0.4 is 0 Å². The number of fused-ring (bicyclic) bond motifs is 6. The van der Waals surface area contributed by atoms with Gasteiger partial charge in [-0.05, 0) is 42.5 Å². The highest BCUT2D eigenvalue weighted by atomic mass is 32.1. The molecule has 0 bridgehead atoms. The molecule has 0 N–H and O–H groups in total. The fourth-order valence-corrected chi connectivity index (χ4v) is 6.52. The monoisotopic (exact) mass is 369 g/mol. The van der Waals surface area contributed by atoms with Crippen LogP contribution >= 0.6 is 11.3 Å². The van der Waals surface area contributed by atoms with Gasteiger partial charge < -0.3 is 4.57 Å². The van der Waals surface area contributed by atoms with Gasteiger partial charge in [-0.2, -0.15) is 0 Å². The third kappa shape index (κ3) is 2.23. The molecule has 0 spiro atoms. The van der Waals surface area contributed by atoms with Crippen LogP contribution in [0.1, 0.15) is 43.6 Å². The van der Waals surface area contributed by atoms with Crippen molar-refractivity contribution in [1.29, 1.82) is 0 Å². The molecule has 0 radical (unpaired) electrons. The van der Waals surface area contributed by atoms with E-state index in [1.807, 2.05) is 11.3 Å². The van der Waals surface area contributed by atoms with Crippen LogP contribution in [0.25, 0.3) is 42.0 Å². The standard InChI is InChI=1S/C25H23NS/c1-26-22-13-6-5-10-18(22)20-14-21-19-12-7-11-17(16-8-3-2-4-9-16)25(19)27-24(21)15-23(20)26/h5-7,10-16H,2-4,8-9H2,1H3. The number of rotatable bonds is 1. The third-order valence-electron chi connectivity index (χ3n) is 6.61. The minimum Gasteiger partial charge on any atom is -0.344 e. The lowest BCUT2D eigenvalue weighted by atomic mass is 9.84. The molecule has 6 rings (SSSR count). The zero-order valence-corrected chi connectivity index (χ0v) is 16.5. The highest BCUT2D eigenvalue weighted by molar-refractivity contribution is 7.26. The molecule has 2 aromatic heterocycles. The Hall–Kier alpha value is -2.32. The molecule has 0 unspecified atom stereocenters. The fourth-order valence-electron chi connectivity index (χ4n) is 5.21. The largest absolute Gasteiger partial charge is 0.344 e. The molecule has 2 heterocycles. The topological polar surface area (TPSA) is 4.93 Å². The third-order valence-corrected chi connectivity index (χ3v) is 7.82. The average Bonchev–Trinajstić information content (AvgIpc) is 3.23. The van der Waals surface area contributed by atoms with Gasteiger partial charge in [-0.15, -0.1) is 11.3 Å². The Labute approximate surface area is 163 Å². The van der Waals surface area contributed by atoms with Crippen LogP contribution in [-0.4, -0.2) is 4.57 Å². The number of benzene rings is 3. The van der Waals surface area contributed by atoms with E-state index in [0.717, 1.165) is 5.92 Å². The van der Waals surface area contributed by atoms with Crippen molar-refractivity contribution < 1.29 is 0 Å². The Bertz CT molecular complexity index is 1310. The van der Waals surface area contributed by atoms with Gasteiger partial charge in [-0.3, -0.25) is 0 Å². The first kappa shape index (κ1) is 15.7. The van der Waals surface area contributed by atoms with E-state index in [2.05, 4.69) is 66.2 Å². The average molecular weight is 370 g/mol. The summed E-state index contributed by atoms with van der Waals surface area (Å²) in [6.07, 6.45) is 6.92. The molecule has 1 nitrogen and oxygen atoms in total. The maximum absolute atomic E-state index is 2.44. The van der Waals surface area contributed by atoms with Crippen LogP contribution in [0, 0.1) is 0 Å². The van der Waals surface area contributed by atoms with Crippen molar-refractivity contribution >= 4 is 53.3 Å². The van der Waals surface area contributed by atoms with Crippen molar-refractivity contribution in [3.05, 3.63) is 60.2 Å². The minimum atomic E-state index is 0.755. The van der Waals surface area contributed by atoms with Gasteiger partial charge in [0.15, 0.2) is 0 Å². The van der Waals surface area contributed by atoms with Crippen molar-refractivity contribution in [2.24, 2.45) is 7.05 Å². The smallest absolute Gasteiger partial charge is 0.0503 e. The lowest BCUT2D eigenvalue weighted by molar-refractivity contribution is 0.446. The number of hydrogen-bond donors (Lipinski definition) is 0. The summed E-state index contributed by atoms with van der Waals surface area (Å²) in [5, 5.41) is 5.62. The molecule has 1 aliphatic carbocycles. The first-order chi connectivity index (χ1) is 13.3. The number of para-hydroxylation sites is 1. The van der Waals surface area contributed by atoms with E-state index in [4.69, 9.17) is 0 Å². The second-order valence-corrected chi connectivity index (χ2v) is 9.15. The lowest BCUT2D eigenvalue weighted by Crippen LogP contribution is -2.04. The van der Waals surface area contributed by atoms with E-state index in [0.29, 0.717) is 0 Å². The predicted molar refractivity (Wildman–Crippen MR) is 119 cm³/mol. The molecule has 0 aliphatic heterocycles. The molecule has 2 heteroatoms. The minimum absolute atomic E-state index is 0.755. The van der Waals surface area contributed by atoms with Gasteiger partial charge >= 0.3 is 0 Å². The second-order valence-electron chi connectivity index (χ2n) is 8.10. The number of nitrogens with zero attached hydrogens (tertiary/aromatic N) is 1. The van der Waals surface area contributed by atoms with Gasteiger partial charge in [0.05, 0.1) is 5.52 Å². The van der Waals surface area contributed by atoms with Crippen molar-refractivity contribution in [2.75, 3.05) is 0 Å². The Kier molecular flexibility index (Phi) is 3.40. The van der Waals surface area contributed by atoms with Crippen LogP contribution in [0.5, 0.6) is 0 Å². The summed E-state index contributed by atoms with van der Waals surface area (Å²) in [5.41, 5.74) is 4.26. The van der Waals surface area contributed by atoms with Gasteiger partial charge in [0.25, 0.3) is 0 Å². The number of thiophene rings is 1. The van der Waals surface area contributed by atoms with Gasteiger partial charge in [-0.1, -0.05) is 55.7 Å². The van der Waals surface area contributed by atoms with E-state index in [1.54, 1.807) is 5.56 Å². The molecule has 1 fully saturated rings. The zero-order valence-electron chi connectivity index (χ0n) is 15.7. The van der Waals surface area contributed by atoms with Crippen LogP contribution in [0.4, 0.5) is 0 Å². The van der Waals surface area contributed by atoms with Crippen LogP contribution in [0.15, 0.2) is 54.6 Å². The molecule has 27 heavy (non-hydrogen) atoms. The molecular weight excluding hydrogens is 346 g/mol. The Morgan fingerprint density at radius 2 is 1.59 bits per heavy atom. The molecule has 0 saturated heterocycles. The highest BCUT2D eigenvalue weighted by Gasteiger charge is 2.20. The fraction of sp³-hybridized carbons (Fsp3) is 0.280. The Morgan fingerprint density at radius 3 is 2.48 bits per heavy atom. The lowest BCUT2D eigenvalue weighted by Gasteiger charge is -2.22. The summed E-state index contributed by atoms with van der Waals surface area (Å²) in [6, 6.07) is 20.6. The molecular formula is C25H23NS. The molecule has 0 amide bonds. The summed E-state index contributed by atoms with van der Waals surface area (Å²) in [5.74, 6) is 0.755. The summed E-state index contributed by atoms with van der Waals surface area (Å²) >= 11 is 2.00. The van der Waals surface area contributed by atoms with Crippen LogP contribution in [0.3, 0.4) is 0 Å². The SMILES string of the molecule is Cn1c2ccccc2c2cc3c(cc21)sc1c(C2CCCCC2)cccc13. The molecule has 3 aromatic carbocycles. The molecule has 1 aliphatic rings. The van der Waals surface area contributed by atoms with Crippen molar-refractivity contribution in [3.8, 4) is 0 Å². The highest BCUT2D eigenvalue weighted by Crippen LogP contribution is 2.44. The normalized spacial score (nSPS) is 16.2. The van der Waals surface area contributed by atoms with E-state index in [9.17, 15) is 0 Å². The second kappa shape index (κ2) is 5.84. The summed E-state index contributed by atoms with van der Waals surface area (Å²) in [4.78, 5) is 0. The van der Waals surface area contributed by atoms with E-state index >= 15 is 0 Å². The molecule has 1 saturated carbocycles. The summed E-state index contributed by atoms with van der Waals surface area (Å²) in [7, 11) is 2.19. The predicted octanol–water partition coefficient (Wildman–Crippen LogP) is 7.75. The first-order valence-corrected chi connectivity index (χ1v) is 11.0. The number of aryl methyl sites for hydroxylation is 1. The molecule has 134 valence electrons. The van der Waals surface area contributed by atoms with Crippen molar-refractivity contribution in [3.63, 3.8) is 0 Å². The van der Waals surface area contributed by atoms with E-state index < -0.39 is 0 Å². The van der Waals surface area contributed by atoms with Crippen LogP contribution in [-0.2, 0) is 7.05 Å². The van der Waals surface area contributed by atoms with Gasteiger partial charge in [0.1, 0.15) is 0 Å². The number of hydrogen-bond acceptors (Lipinski definition) is 1. The van der Waals surface area contributed by atoms with Crippen molar-refractivity contribution in [1.82, 2.24) is 4.57 Å². The molecule has 5 aromatic rings. The summed E-state index contributed by atoms with van der Waals surface area (Å²) < 4.78 is 5.29. The maximum atomic E-state index is 2.44. The summed E-state index contributed by atoms with van der Waals surface area (Å²) in [6.45, 7) is 0. The quantitative estimate of drug-likeness (QED) is 0.285. The molecule has 0 atom stereocenters. The van der Waals surface area contributed by atoms with Gasteiger partial charge in [0, 0.05) is 43.5 Å². The van der Waals surface area contributed by atoms with Gasteiger partial charge in [0.2, 0.25) is 0 Å². The number of aromatic nitrogens is 1. The van der Waals surface area contributed by atoms with E-state index in [-0.39, 0.29) is 0 Å².